The van der Waals surface area contributed by atoms with E-state index in [2.05, 4.69) is 33.8 Å². The van der Waals surface area contributed by atoms with Crippen LogP contribution in [0, 0.1) is 0 Å². The van der Waals surface area contributed by atoms with Crippen molar-refractivity contribution in [3.63, 3.8) is 0 Å². The molecule has 0 saturated heterocycles. The Labute approximate surface area is 158 Å². The monoisotopic (exact) mass is 375 g/mol. The van der Waals surface area contributed by atoms with E-state index in [4.69, 9.17) is 0 Å². The second-order valence-corrected chi connectivity index (χ2v) is 7.77. The summed E-state index contributed by atoms with van der Waals surface area (Å²) in [5.74, 6) is -0.274. The molecule has 0 spiro atoms. The highest BCUT2D eigenvalue weighted by Gasteiger charge is 2.15. The number of amides is 2. The van der Waals surface area contributed by atoms with Crippen molar-refractivity contribution in [2.45, 2.75) is 44.8 Å². The fourth-order valence-corrected chi connectivity index (χ4v) is 3.11. The highest BCUT2D eigenvalue weighted by Crippen LogP contribution is 2.22. The molecule has 1 aromatic heterocycles. The van der Waals surface area contributed by atoms with E-state index in [-0.39, 0.29) is 29.7 Å². The Bertz CT molecular complexity index is 767. The average molecular weight is 375 g/mol. The van der Waals surface area contributed by atoms with Crippen LogP contribution in [0.25, 0.3) is 5.69 Å². The summed E-state index contributed by atoms with van der Waals surface area (Å²) in [6.45, 7) is 7.73. The number of benzene rings is 1. The third-order valence-corrected chi connectivity index (χ3v) is 4.38. The van der Waals surface area contributed by atoms with Crippen molar-refractivity contribution in [3.05, 3.63) is 36.2 Å². The molecule has 7 nitrogen and oxygen atoms in total. The SMILES string of the molecule is CCc1ccccc1-n1cnnc1SCC(=O)NCC(=O)NC(C)(C)C. The zero-order chi connectivity index (χ0) is 19.2. The van der Waals surface area contributed by atoms with E-state index in [1.165, 1.54) is 17.3 Å². The largest absolute Gasteiger partial charge is 0.350 e. The highest BCUT2D eigenvalue weighted by atomic mass is 32.2. The molecule has 0 atom stereocenters. The van der Waals surface area contributed by atoms with Crippen molar-refractivity contribution >= 4 is 23.6 Å². The van der Waals surface area contributed by atoms with Gasteiger partial charge in [0.25, 0.3) is 0 Å². The minimum Gasteiger partial charge on any atom is -0.350 e. The summed E-state index contributed by atoms with van der Waals surface area (Å²) in [4.78, 5) is 23.8. The minimum absolute atomic E-state index is 0.0397. The van der Waals surface area contributed by atoms with Crippen molar-refractivity contribution in [1.29, 1.82) is 0 Å². The Morgan fingerprint density at radius 2 is 1.92 bits per heavy atom. The molecule has 0 radical (unpaired) electrons. The first-order valence-corrected chi connectivity index (χ1v) is 9.47. The number of carbonyl (C=O) groups is 2. The fraction of sp³-hybridized carbons (Fsp3) is 0.444. The molecule has 0 unspecified atom stereocenters. The van der Waals surface area contributed by atoms with E-state index >= 15 is 0 Å². The number of para-hydroxylation sites is 1. The number of rotatable bonds is 7. The van der Waals surface area contributed by atoms with Crippen LogP contribution in [0.2, 0.25) is 0 Å². The summed E-state index contributed by atoms with van der Waals surface area (Å²) in [5, 5.41) is 14.1. The topological polar surface area (TPSA) is 88.9 Å². The Morgan fingerprint density at radius 1 is 1.19 bits per heavy atom. The lowest BCUT2D eigenvalue weighted by atomic mass is 10.1. The summed E-state index contributed by atoms with van der Waals surface area (Å²) in [6.07, 6.45) is 2.54. The van der Waals surface area contributed by atoms with Crippen molar-refractivity contribution in [2.75, 3.05) is 12.3 Å². The summed E-state index contributed by atoms with van der Waals surface area (Å²) in [6, 6.07) is 8.02. The van der Waals surface area contributed by atoms with Crippen molar-refractivity contribution in [2.24, 2.45) is 0 Å². The molecule has 0 bridgehead atoms. The van der Waals surface area contributed by atoms with Crippen LogP contribution in [0.15, 0.2) is 35.7 Å². The molecule has 1 heterocycles. The molecule has 1 aromatic carbocycles. The minimum atomic E-state index is -0.320. The molecular weight excluding hydrogens is 350 g/mol. The molecule has 8 heteroatoms. The van der Waals surface area contributed by atoms with Gasteiger partial charge in [-0.25, -0.2) is 0 Å². The smallest absolute Gasteiger partial charge is 0.239 e. The van der Waals surface area contributed by atoms with Gasteiger partial charge in [0.05, 0.1) is 18.0 Å². The zero-order valence-corrected chi connectivity index (χ0v) is 16.4. The van der Waals surface area contributed by atoms with Gasteiger partial charge in [0, 0.05) is 5.54 Å². The Balaban J connectivity index is 1.92. The van der Waals surface area contributed by atoms with Crippen LogP contribution >= 0.6 is 11.8 Å². The van der Waals surface area contributed by atoms with Crippen LogP contribution in [0.3, 0.4) is 0 Å². The molecule has 140 valence electrons. The predicted molar refractivity (Wildman–Crippen MR) is 102 cm³/mol. The van der Waals surface area contributed by atoms with Gasteiger partial charge >= 0.3 is 0 Å². The van der Waals surface area contributed by atoms with Crippen molar-refractivity contribution in [1.82, 2.24) is 25.4 Å². The molecule has 0 fully saturated rings. The van der Waals surface area contributed by atoms with E-state index in [0.717, 1.165) is 12.1 Å². The van der Waals surface area contributed by atoms with E-state index in [9.17, 15) is 9.59 Å². The molecule has 2 aromatic rings. The molecule has 2 amide bonds. The normalized spacial score (nSPS) is 11.2. The van der Waals surface area contributed by atoms with Crippen LogP contribution in [-0.4, -0.2) is 44.4 Å². The number of thioether (sulfide) groups is 1. The third kappa shape index (κ3) is 5.87. The van der Waals surface area contributed by atoms with Gasteiger partial charge in [0.2, 0.25) is 11.8 Å². The lowest BCUT2D eigenvalue weighted by Gasteiger charge is -2.20. The first kappa shape index (κ1) is 20.0. The Morgan fingerprint density at radius 3 is 2.62 bits per heavy atom. The van der Waals surface area contributed by atoms with Crippen molar-refractivity contribution in [3.8, 4) is 5.69 Å². The van der Waals surface area contributed by atoms with E-state index in [0.29, 0.717) is 5.16 Å². The van der Waals surface area contributed by atoms with Crippen LogP contribution in [-0.2, 0) is 16.0 Å². The number of aryl methyl sites for hydroxylation is 1. The van der Waals surface area contributed by atoms with Crippen LogP contribution in [0.5, 0.6) is 0 Å². The second kappa shape index (κ2) is 8.84. The van der Waals surface area contributed by atoms with Gasteiger partial charge in [0.15, 0.2) is 5.16 Å². The first-order chi connectivity index (χ1) is 12.3. The quantitative estimate of drug-likeness (QED) is 0.722. The second-order valence-electron chi connectivity index (χ2n) is 6.83. The molecule has 0 aliphatic heterocycles. The standard InChI is InChI=1S/C18H25N5O2S/c1-5-13-8-6-7-9-14(13)23-12-20-22-17(23)26-11-16(25)19-10-15(24)21-18(2,3)4/h6-9,12H,5,10-11H2,1-4H3,(H,19,25)(H,21,24). The summed E-state index contributed by atoms with van der Waals surface area (Å²) in [7, 11) is 0. The molecule has 2 rings (SSSR count). The summed E-state index contributed by atoms with van der Waals surface area (Å²) >= 11 is 1.29. The van der Waals surface area contributed by atoms with Gasteiger partial charge in [-0.05, 0) is 38.8 Å². The van der Waals surface area contributed by atoms with Crippen molar-refractivity contribution < 1.29 is 9.59 Å². The highest BCUT2D eigenvalue weighted by molar-refractivity contribution is 7.99. The number of nitrogens with one attached hydrogen (secondary N) is 2. The summed E-state index contributed by atoms with van der Waals surface area (Å²) in [5.41, 5.74) is 1.87. The Hall–Kier alpha value is -2.35. The lowest BCUT2D eigenvalue weighted by molar-refractivity contribution is -0.125. The maximum absolute atomic E-state index is 12.0. The van der Waals surface area contributed by atoms with E-state index in [1.54, 1.807) is 6.33 Å². The van der Waals surface area contributed by atoms with Gasteiger partial charge in [-0.3, -0.25) is 14.2 Å². The van der Waals surface area contributed by atoms with Gasteiger partial charge in [-0.1, -0.05) is 36.9 Å². The maximum atomic E-state index is 12.0. The average Bonchev–Trinajstić information content (AvgIpc) is 3.05. The number of nitrogens with zero attached hydrogens (tertiary/aromatic N) is 3. The molecule has 0 aliphatic rings. The fourth-order valence-electron chi connectivity index (χ4n) is 2.36. The van der Waals surface area contributed by atoms with Gasteiger partial charge in [0.1, 0.15) is 6.33 Å². The molecule has 0 aliphatic carbocycles. The van der Waals surface area contributed by atoms with Gasteiger partial charge < -0.3 is 10.6 Å². The maximum Gasteiger partial charge on any atom is 0.239 e. The van der Waals surface area contributed by atoms with Crippen LogP contribution in [0.4, 0.5) is 0 Å². The molecule has 2 N–H and O–H groups in total. The number of hydrogen-bond acceptors (Lipinski definition) is 5. The zero-order valence-electron chi connectivity index (χ0n) is 15.6. The number of carbonyl (C=O) groups excluding carboxylic acids is 2. The molecule has 0 saturated carbocycles. The summed E-state index contributed by atoms with van der Waals surface area (Å²) < 4.78 is 1.88. The third-order valence-electron chi connectivity index (χ3n) is 3.44. The van der Waals surface area contributed by atoms with Crippen LogP contribution < -0.4 is 10.6 Å². The first-order valence-electron chi connectivity index (χ1n) is 8.49. The number of hydrogen-bond donors (Lipinski definition) is 2. The number of aromatic nitrogens is 3. The molecular formula is C18H25N5O2S. The van der Waals surface area contributed by atoms with Gasteiger partial charge in [-0.15, -0.1) is 10.2 Å². The molecule has 26 heavy (non-hydrogen) atoms. The predicted octanol–water partition coefficient (Wildman–Crippen LogP) is 1.95. The Kier molecular flexibility index (Phi) is 6.79. The van der Waals surface area contributed by atoms with E-state index in [1.807, 2.05) is 43.5 Å². The van der Waals surface area contributed by atoms with E-state index < -0.39 is 0 Å². The van der Waals surface area contributed by atoms with Gasteiger partial charge in [-0.2, -0.15) is 0 Å². The van der Waals surface area contributed by atoms with Crippen LogP contribution in [0.1, 0.15) is 33.3 Å². The lowest BCUT2D eigenvalue weighted by Crippen LogP contribution is -2.46.